The third-order valence-corrected chi connectivity index (χ3v) is 7.64. The fourth-order valence-electron chi connectivity index (χ4n) is 6.16. The second kappa shape index (κ2) is 8.23. The Balaban J connectivity index is 1.46. The molecule has 172 valence electrons. The summed E-state index contributed by atoms with van der Waals surface area (Å²) in [6.07, 6.45) is 7.62. The molecule has 0 spiro atoms. The van der Waals surface area contributed by atoms with E-state index in [1.165, 1.54) is 68.4 Å². The van der Waals surface area contributed by atoms with Crippen molar-refractivity contribution >= 4 is 0 Å². The van der Waals surface area contributed by atoms with Crippen molar-refractivity contribution < 1.29 is 17.9 Å². The minimum absolute atomic E-state index is 0.0202. The summed E-state index contributed by atoms with van der Waals surface area (Å²) in [6, 6.07) is 15.4. The molecule has 0 N–H and O–H groups in total. The van der Waals surface area contributed by atoms with Crippen LogP contribution in [0.3, 0.4) is 0 Å². The number of ether oxygens (including phenoxy) is 1. The van der Waals surface area contributed by atoms with Crippen molar-refractivity contribution in [3.05, 3.63) is 77.6 Å². The van der Waals surface area contributed by atoms with Gasteiger partial charge < -0.3 is 4.74 Å². The molecule has 0 aliphatic heterocycles. The number of hydrogen-bond donors (Lipinski definition) is 0. The fraction of sp³-hybridized carbons (Fsp3) is 0.379. The van der Waals surface area contributed by atoms with Gasteiger partial charge in [-0.05, 0) is 78.3 Å². The summed E-state index contributed by atoms with van der Waals surface area (Å²) in [5.74, 6) is -2.69. The molecule has 3 aliphatic rings. The second-order valence-corrected chi connectivity index (χ2v) is 9.83. The Morgan fingerprint density at radius 1 is 0.818 bits per heavy atom. The predicted molar refractivity (Wildman–Crippen MR) is 126 cm³/mol. The fourth-order valence-corrected chi connectivity index (χ4v) is 6.16. The van der Waals surface area contributed by atoms with E-state index in [1.807, 2.05) is 12.1 Å². The normalized spacial score (nSPS) is 23.1. The molecule has 1 nitrogen and oxygen atoms in total. The Morgan fingerprint density at radius 3 is 2.21 bits per heavy atom. The molecule has 0 radical (unpaired) electrons. The molecule has 4 heteroatoms. The molecule has 3 aromatic carbocycles. The van der Waals surface area contributed by atoms with Gasteiger partial charge in [-0.1, -0.05) is 56.2 Å². The van der Waals surface area contributed by atoms with E-state index in [0.29, 0.717) is 16.5 Å². The quantitative estimate of drug-likeness (QED) is 0.334. The lowest BCUT2D eigenvalue weighted by molar-refractivity contribution is -0.147. The third-order valence-electron chi connectivity index (χ3n) is 7.64. The number of benzene rings is 3. The van der Waals surface area contributed by atoms with Gasteiger partial charge in [-0.25, -0.2) is 8.78 Å². The van der Waals surface area contributed by atoms with Crippen molar-refractivity contribution in [2.45, 2.75) is 57.8 Å². The van der Waals surface area contributed by atoms with Gasteiger partial charge >= 0.3 is 0 Å². The maximum atomic E-state index is 15.0. The number of hydrogen-bond acceptors (Lipinski definition) is 1. The van der Waals surface area contributed by atoms with Gasteiger partial charge in [0, 0.05) is 11.1 Å². The van der Waals surface area contributed by atoms with Crippen LogP contribution < -0.4 is 4.74 Å². The lowest BCUT2D eigenvalue weighted by atomic mass is 9.32. The summed E-state index contributed by atoms with van der Waals surface area (Å²) in [6.45, 7) is 4.18. The van der Waals surface area contributed by atoms with E-state index >= 15 is 4.39 Å². The summed E-state index contributed by atoms with van der Waals surface area (Å²) < 4.78 is 49.6. The first-order chi connectivity index (χ1) is 15.9. The predicted octanol–water partition coefficient (Wildman–Crippen LogP) is 8.45. The van der Waals surface area contributed by atoms with Gasteiger partial charge in [-0.2, -0.15) is 4.39 Å². The number of rotatable bonds is 8. The Kier molecular flexibility index (Phi) is 5.50. The Morgan fingerprint density at radius 2 is 1.55 bits per heavy atom. The first kappa shape index (κ1) is 22.1. The topological polar surface area (TPSA) is 9.23 Å². The molecule has 3 aromatic rings. The Labute approximate surface area is 193 Å². The van der Waals surface area contributed by atoms with Gasteiger partial charge in [0.1, 0.15) is 5.82 Å². The van der Waals surface area contributed by atoms with Crippen LogP contribution in [0.5, 0.6) is 5.75 Å². The largest absolute Gasteiger partial charge is 0.491 e. The molecule has 0 aromatic heterocycles. The average molecular weight is 451 g/mol. The van der Waals surface area contributed by atoms with Crippen LogP contribution in [0, 0.1) is 22.9 Å². The Hall–Kier alpha value is -2.75. The van der Waals surface area contributed by atoms with Crippen LogP contribution in [0.1, 0.15) is 57.9 Å². The van der Waals surface area contributed by atoms with Crippen LogP contribution in [0.15, 0.2) is 54.6 Å². The number of unbranched alkanes of at least 4 members (excludes halogenated alkanes) is 1. The zero-order chi connectivity index (χ0) is 23.2. The summed E-state index contributed by atoms with van der Waals surface area (Å²) in [4.78, 5) is 0. The molecule has 3 fully saturated rings. The van der Waals surface area contributed by atoms with Gasteiger partial charge in [0.15, 0.2) is 11.6 Å². The van der Waals surface area contributed by atoms with Crippen LogP contribution in [0.2, 0.25) is 0 Å². The molecule has 0 atom stereocenters. The monoisotopic (exact) mass is 450 g/mol. The molecule has 33 heavy (non-hydrogen) atoms. The standard InChI is InChI=1S/C29H29F3O/c1-3-5-15-28-16-29(17-28,18-28)20-11-9-19(10-12-20)25-21(7-6-8-23(25)30)22-13-14-24(33-4-2)27(32)26(22)31/h6-14H,3-5,15-18H2,1-2H3. The van der Waals surface area contributed by atoms with Crippen molar-refractivity contribution in [2.24, 2.45) is 5.41 Å². The maximum absolute atomic E-state index is 15.0. The third kappa shape index (κ3) is 3.55. The SMILES string of the molecule is CCCCC12CC(c3ccc(-c4c(F)cccc4-c4ccc(OCC)c(F)c4F)cc3)(C1)C2. The van der Waals surface area contributed by atoms with Crippen molar-refractivity contribution in [3.63, 3.8) is 0 Å². The van der Waals surface area contributed by atoms with Crippen molar-refractivity contribution in [3.8, 4) is 28.0 Å². The van der Waals surface area contributed by atoms with Crippen LogP contribution >= 0.6 is 0 Å². The lowest BCUT2D eigenvalue weighted by Gasteiger charge is -2.72. The number of halogens is 3. The molecule has 2 bridgehead atoms. The highest BCUT2D eigenvalue weighted by atomic mass is 19.2. The highest BCUT2D eigenvalue weighted by molar-refractivity contribution is 5.84. The van der Waals surface area contributed by atoms with Gasteiger partial charge in [-0.3, -0.25) is 0 Å². The van der Waals surface area contributed by atoms with Crippen LogP contribution in [-0.4, -0.2) is 6.61 Å². The zero-order valence-corrected chi connectivity index (χ0v) is 19.2. The second-order valence-electron chi connectivity index (χ2n) is 9.83. The molecular formula is C29H29F3O. The van der Waals surface area contributed by atoms with E-state index < -0.39 is 17.5 Å². The van der Waals surface area contributed by atoms with E-state index in [4.69, 9.17) is 4.74 Å². The summed E-state index contributed by atoms with van der Waals surface area (Å²) in [7, 11) is 0. The minimum atomic E-state index is -1.06. The van der Waals surface area contributed by atoms with Gasteiger partial charge in [0.2, 0.25) is 5.82 Å². The smallest absolute Gasteiger partial charge is 0.201 e. The van der Waals surface area contributed by atoms with Crippen molar-refractivity contribution in [2.75, 3.05) is 6.61 Å². The molecule has 0 amide bonds. The van der Waals surface area contributed by atoms with Crippen molar-refractivity contribution in [1.82, 2.24) is 0 Å². The molecule has 3 saturated carbocycles. The average Bonchev–Trinajstić information content (AvgIpc) is 2.76. The lowest BCUT2D eigenvalue weighted by Crippen LogP contribution is -2.64. The summed E-state index contributed by atoms with van der Waals surface area (Å²) in [5, 5.41) is 0. The van der Waals surface area contributed by atoms with E-state index in [1.54, 1.807) is 13.0 Å². The molecule has 6 rings (SSSR count). The van der Waals surface area contributed by atoms with E-state index in [-0.39, 0.29) is 28.9 Å². The van der Waals surface area contributed by atoms with E-state index in [9.17, 15) is 8.78 Å². The van der Waals surface area contributed by atoms with Crippen LogP contribution in [0.4, 0.5) is 13.2 Å². The van der Waals surface area contributed by atoms with Gasteiger partial charge in [0.25, 0.3) is 0 Å². The minimum Gasteiger partial charge on any atom is -0.491 e. The van der Waals surface area contributed by atoms with Gasteiger partial charge in [-0.15, -0.1) is 0 Å². The van der Waals surface area contributed by atoms with E-state index in [0.717, 1.165) is 0 Å². The molecular weight excluding hydrogens is 421 g/mol. The molecule has 0 unspecified atom stereocenters. The van der Waals surface area contributed by atoms with Crippen LogP contribution in [0.25, 0.3) is 22.3 Å². The highest BCUT2D eigenvalue weighted by Crippen LogP contribution is 2.75. The zero-order valence-electron chi connectivity index (χ0n) is 19.2. The molecule has 3 aliphatic carbocycles. The maximum Gasteiger partial charge on any atom is 0.201 e. The summed E-state index contributed by atoms with van der Waals surface area (Å²) >= 11 is 0. The van der Waals surface area contributed by atoms with Gasteiger partial charge in [0.05, 0.1) is 6.61 Å². The molecule has 0 heterocycles. The first-order valence-electron chi connectivity index (χ1n) is 11.9. The summed E-state index contributed by atoms with van der Waals surface area (Å²) in [5.41, 5.74) is 3.44. The first-order valence-corrected chi connectivity index (χ1v) is 11.9. The van der Waals surface area contributed by atoms with E-state index in [2.05, 4.69) is 19.1 Å². The highest BCUT2D eigenvalue weighted by Gasteiger charge is 2.67. The van der Waals surface area contributed by atoms with Crippen LogP contribution in [-0.2, 0) is 5.41 Å². The van der Waals surface area contributed by atoms with Crippen molar-refractivity contribution in [1.29, 1.82) is 0 Å². The Bertz CT molecular complexity index is 1160. The molecule has 0 saturated heterocycles.